The number of aryl methyl sites for hydroxylation is 1. The van der Waals surface area contributed by atoms with Crippen LogP contribution in [0.1, 0.15) is 18.4 Å². The van der Waals surface area contributed by atoms with E-state index < -0.39 is 12.3 Å². The summed E-state index contributed by atoms with van der Waals surface area (Å²) in [4.78, 5) is 4.82. The Balaban J connectivity index is 1.57. The Kier molecular flexibility index (Phi) is 4.60. The van der Waals surface area contributed by atoms with Gasteiger partial charge in [0, 0.05) is 11.6 Å². The highest BCUT2D eigenvalue weighted by Gasteiger charge is 2.25. The van der Waals surface area contributed by atoms with E-state index in [2.05, 4.69) is 15.5 Å². The molecule has 7 heteroatoms. The highest BCUT2D eigenvalue weighted by atomic mass is 19.1. The fourth-order valence-electron chi connectivity index (χ4n) is 3.78. The van der Waals surface area contributed by atoms with Gasteiger partial charge in [0.25, 0.3) is 0 Å². The van der Waals surface area contributed by atoms with Crippen LogP contribution in [-0.2, 0) is 0 Å². The van der Waals surface area contributed by atoms with Crippen molar-refractivity contribution in [3.63, 3.8) is 0 Å². The van der Waals surface area contributed by atoms with Gasteiger partial charge in [0.15, 0.2) is 11.5 Å². The van der Waals surface area contributed by atoms with E-state index in [0.717, 1.165) is 23.1 Å². The van der Waals surface area contributed by atoms with Crippen molar-refractivity contribution in [2.24, 2.45) is 0 Å². The molecule has 0 aliphatic carbocycles. The fraction of sp³-hybridized carbons (Fsp3) is 0.318. The van der Waals surface area contributed by atoms with Gasteiger partial charge in [0.1, 0.15) is 29.2 Å². The van der Waals surface area contributed by atoms with Crippen molar-refractivity contribution in [1.29, 1.82) is 0 Å². The zero-order chi connectivity index (χ0) is 19.8. The molecule has 6 nitrogen and oxygen atoms in total. The van der Waals surface area contributed by atoms with E-state index in [4.69, 9.17) is 9.72 Å². The maximum atomic E-state index is 14.5. The summed E-state index contributed by atoms with van der Waals surface area (Å²) in [6, 6.07) is 13.6. The zero-order valence-electron chi connectivity index (χ0n) is 16.2. The van der Waals surface area contributed by atoms with Gasteiger partial charge in [0.2, 0.25) is 0 Å². The van der Waals surface area contributed by atoms with Crippen LogP contribution in [0.15, 0.2) is 48.7 Å². The number of halogens is 1. The fourth-order valence-corrected chi connectivity index (χ4v) is 3.78. The van der Waals surface area contributed by atoms with Gasteiger partial charge in [-0.2, -0.15) is 0 Å². The van der Waals surface area contributed by atoms with Crippen molar-refractivity contribution >= 4 is 16.6 Å². The number of para-hydroxylation sites is 1. The number of fused-ring (bicyclic) bond motifs is 2. The molecule has 2 atom stereocenters. The van der Waals surface area contributed by atoms with Crippen LogP contribution < -0.4 is 10.1 Å². The van der Waals surface area contributed by atoms with E-state index in [-0.39, 0.29) is 0 Å². The molecule has 0 spiro atoms. The van der Waals surface area contributed by atoms with E-state index in [1.807, 2.05) is 60.0 Å². The number of rotatable bonds is 3. The average Bonchev–Trinajstić information content (AvgIpc) is 3.04. The average molecular weight is 391 g/mol. The quantitative estimate of drug-likeness (QED) is 0.577. The normalized spacial score (nSPS) is 20.1. The summed E-state index contributed by atoms with van der Waals surface area (Å²) in [6.07, 6.45) is 1.61. The Morgan fingerprint density at radius 3 is 2.90 bits per heavy atom. The number of alkyl halides is 1. The monoisotopic (exact) mass is 391 g/mol. The Hall–Kier alpha value is -3.06. The standard InChI is InChI=1S/C22H22FN5O/c1-14-5-8-20-26-27-22(28(20)13-14)17-7-6-15-3-2-4-19(21(15)25-17)29-18-10-12-24-11-9-16(18)23/h2-8,13,16,18,24H,9-12H2,1H3/t16-,18-/m0/s1. The Morgan fingerprint density at radius 1 is 1.07 bits per heavy atom. The first-order valence-electron chi connectivity index (χ1n) is 9.92. The molecule has 148 valence electrons. The smallest absolute Gasteiger partial charge is 0.187 e. The second kappa shape index (κ2) is 7.40. The summed E-state index contributed by atoms with van der Waals surface area (Å²) in [5, 5.41) is 12.7. The number of aromatic nitrogens is 4. The number of ether oxygens (including phenoxy) is 1. The zero-order valence-corrected chi connectivity index (χ0v) is 16.2. The molecule has 3 aromatic heterocycles. The first-order chi connectivity index (χ1) is 14.2. The van der Waals surface area contributed by atoms with Gasteiger partial charge < -0.3 is 10.1 Å². The Labute approximate surface area is 167 Å². The van der Waals surface area contributed by atoms with Gasteiger partial charge >= 0.3 is 0 Å². The third kappa shape index (κ3) is 3.42. The second-order valence-corrected chi connectivity index (χ2v) is 7.48. The molecule has 1 aromatic carbocycles. The predicted molar refractivity (Wildman–Crippen MR) is 110 cm³/mol. The minimum atomic E-state index is -0.994. The maximum Gasteiger partial charge on any atom is 0.187 e. The van der Waals surface area contributed by atoms with Crippen molar-refractivity contribution in [3.05, 3.63) is 54.2 Å². The number of nitrogens with zero attached hydrogens (tertiary/aromatic N) is 4. The van der Waals surface area contributed by atoms with Gasteiger partial charge in [-0.15, -0.1) is 10.2 Å². The molecule has 1 N–H and O–H groups in total. The molecule has 29 heavy (non-hydrogen) atoms. The molecule has 1 saturated heterocycles. The van der Waals surface area contributed by atoms with E-state index in [1.54, 1.807) is 0 Å². The molecule has 1 aliphatic rings. The lowest BCUT2D eigenvalue weighted by atomic mass is 10.1. The lowest BCUT2D eigenvalue weighted by molar-refractivity contribution is 0.0983. The topological polar surface area (TPSA) is 64.3 Å². The summed E-state index contributed by atoms with van der Waals surface area (Å²) in [7, 11) is 0. The van der Waals surface area contributed by atoms with Crippen molar-refractivity contribution in [3.8, 4) is 17.3 Å². The molecule has 4 heterocycles. The van der Waals surface area contributed by atoms with Crippen LogP contribution >= 0.6 is 0 Å². The van der Waals surface area contributed by atoms with E-state index in [1.165, 1.54) is 0 Å². The molecule has 0 saturated carbocycles. The van der Waals surface area contributed by atoms with Gasteiger partial charge in [-0.3, -0.25) is 4.40 Å². The summed E-state index contributed by atoms with van der Waals surface area (Å²) in [5.74, 6) is 1.27. The van der Waals surface area contributed by atoms with Gasteiger partial charge in [0.05, 0.1) is 0 Å². The van der Waals surface area contributed by atoms with E-state index in [0.29, 0.717) is 42.2 Å². The molecule has 1 fully saturated rings. The van der Waals surface area contributed by atoms with Crippen LogP contribution in [-0.4, -0.2) is 44.9 Å². The second-order valence-electron chi connectivity index (χ2n) is 7.48. The number of nitrogens with one attached hydrogen (secondary N) is 1. The maximum absolute atomic E-state index is 14.5. The Morgan fingerprint density at radius 2 is 1.97 bits per heavy atom. The van der Waals surface area contributed by atoms with Gasteiger partial charge in [-0.25, -0.2) is 9.37 Å². The molecular weight excluding hydrogens is 369 g/mol. The lowest BCUT2D eigenvalue weighted by Crippen LogP contribution is -2.28. The SMILES string of the molecule is Cc1ccc2nnc(-c3ccc4cccc(O[C@H]5CCNCC[C@@H]5F)c4n3)n2c1. The molecule has 0 bridgehead atoms. The molecule has 0 amide bonds. The molecule has 5 rings (SSSR count). The van der Waals surface area contributed by atoms with Crippen molar-refractivity contribution in [2.75, 3.05) is 13.1 Å². The van der Waals surface area contributed by atoms with Crippen LogP contribution in [0.4, 0.5) is 4.39 Å². The molecule has 1 aliphatic heterocycles. The van der Waals surface area contributed by atoms with Crippen molar-refractivity contribution < 1.29 is 9.13 Å². The third-order valence-corrected chi connectivity index (χ3v) is 5.35. The Bertz CT molecular complexity index is 1170. The van der Waals surface area contributed by atoms with Gasteiger partial charge in [-0.05, 0) is 56.6 Å². The van der Waals surface area contributed by atoms with Crippen LogP contribution in [0, 0.1) is 6.92 Å². The minimum absolute atomic E-state index is 0.458. The van der Waals surface area contributed by atoms with Crippen molar-refractivity contribution in [2.45, 2.75) is 32.0 Å². The van der Waals surface area contributed by atoms with E-state index in [9.17, 15) is 4.39 Å². The number of pyridine rings is 2. The lowest BCUT2D eigenvalue weighted by Gasteiger charge is -2.21. The summed E-state index contributed by atoms with van der Waals surface area (Å²) in [6.45, 7) is 3.45. The van der Waals surface area contributed by atoms with Gasteiger partial charge in [-0.1, -0.05) is 24.3 Å². The highest BCUT2D eigenvalue weighted by molar-refractivity contribution is 5.86. The summed E-state index contributed by atoms with van der Waals surface area (Å²) < 4.78 is 22.6. The first-order valence-corrected chi connectivity index (χ1v) is 9.92. The number of hydrogen-bond donors (Lipinski definition) is 1. The predicted octanol–water partition coefficient (Wildman–Crippen LogP) is 3.72. The summed E-state index contributed by atoms with van der Waals surface area (Å²) >= 11 is 0. The van der Waals surface area contributed by atoms with Crippen molar-refractivity contribution in [1.82, 2.24) is 24.9 Å². The molecule has 0 radical (unpaired) electrons. The van der Waals surface area contributed by atoms with Crippen LogP contribution in [0.25, 0.3) is 28.1 Å². The number of benzene rings is 1. The first kappa shape index (κ1) is 18.0. The third-order valence-electron chi connectivity index (χ3n) is 5.35. The van der Waals surface area contributed by atoms with Crippen LogP contribution in [0.3, 0.4) is 0 Å². The van der Waals surface area contributed by atoms with Crippen LogP contribution in [0.5, 0.6) is 5.75 Å². The number of hydrogen-bond acceptors (Lipinski definition) is 5. The summed E-state index contributed by atoms with van der Waals surface area (Å²) in [5.41, 5.74) is 3.28. The van der Waals surface area contributed by atoms with E-state index >= 15 is 0 Å². The molecular formula is C22H22FN5O. The largest absolute Gasteiger partial charge is 0.485 e. The minimum Gasteiger partial charge on any atom is -0.485 e. The molecule has 4 aromatic rings. The van der Waals surface area contributed by atoms with Crippen LogP contribution in [0.2, 0.25) is 0 Å². The highest BCUT2D eigenvalue weighted by Crippen LogP contribution is 2.29. The molecule has 0 unspecified atom stereocenters.